The van der Waals surface area contributed by atoms with E-state index in [1.165, 1.54) is 12.7 Å². The summed E-state index contributed by atoms with van der Waals surface area (Å²) in [6.45, 7) is 0. The molecule has 0 aliphatic heterocycles. The van der Waals surface area contributed by atoms with Crippen LogP contribution in [0, 0.1) is 0 Å². The highest BCUT2D eigenvalue weighted by Crippen LogP contribution is 2.11. The molecular weight excluding hydrogens is 373 g/mol. The molecule has 2 rings (SSSR count). The maximum Gasteiger partial charge on any atom is 0.322 e. The van der Waals surface area contributed by atoms with Gasteiger partial charge in [0.05, 0.1) is 7.11 Å². The number of nitrogens with zero attached hydrogens (tertiary/aromatic N) is 1. The molecule has 0 amide bonds. The zero-order chi connectivity index (χ0) is 17.4. The highest BCUT2D eigenvalue weighted by Gasteiger charge is 2.13. The lowest BCUT2D eigenvalue weighted by molar-refractivity contribution is -0.142. The summed E-state index contributed by atoms with van der Waals surface area (Å²) < 4.78 is 4.65. The Morgan fingerprint density at radius 2 is 1.77 bits per heavy atom. The molecule has 2 aromatic rings. The molecule has 0 saturated carbocycles. The normalized spacial score (nSPS) is 10.9. The molecule has 1 atom stereocenters. The van der Waals surface area contributed by atoms with Gasteiger partial charge in [-0.3, -0.25) is 4.79 Å². The van der Waals surface area contributed by atoms with Gasteiger partial charge in [0.25, 0.3) is 0 Å². The summed E-state index contributed by atoms with van der Waals surface area (Å²) in [5.74, 6) is 0.522. The topological polar surface area (TPSA) is 77.2 Å². The quantitative estimate of drug-likeness (QED) is 0.666. The van der Waals surface area contributed by atoms with Gasteiger partial charge in [0.2, 0.25) is 0 Å². The SMILES string of the molecule is CNc1cccc(CCCc2ccc(C[C@H](N)C(=O)OC)cc2)n1.Cl.Cl. The number of pyridine rings is 1. The fraction of sp³-hybridized carbons (Fsp3) is 0.368. The second kappa shape index (κ2) is 12.5. The largest absolute Gasteiger partial charge is 0.468 e. The standard InChI is InChI=1S/C19H25N3O2.2ClH/c1-21-18-8-4-7-16(22-18)6-3-5-14-9-11-15(12-10-14)13-17(20)19(23)24-2;;/h4,7-12,17H,3,5-6,13,20H2,1-2H3,(H,21,22);2*1H/t17-;;/m0../s1. The van der Waals surface area contributed by atoms with E-state index in [-0.39, 0.29) is 30.8 Å². The first kappa shape index (κ1) is 24.2. The van der Waals surface area contributed by atoms with Crippen molar-refractivity contribution in [3.05, 3.63) is 59.3 Å². The van der Waals surface area contributed by atoms with E-state index in [2.05, 4.69) is 33.2 Å². The van der Waals surface area contributed by atoms with Crippen LogP contribution in [0.15, 0.2) is 42.5 Å². The zero-order valence-corrected chi connectivity index (χ0v) is 16.7. The lowest BCUT2D eigenvalue weighted by Gasteiger charge is -2.10. The predicted molar refractivity (Wildman–Crippen MR) is 110 cm³/mol. The van der Waals surface area contributed by atoms with Crippen molar-refractivity contribution in [1.82, 2.24) is 4.98 Å². The van der Waals surface area contributed by atoms with Gasteiger partial charge in [0, 0.05) is 12.7 Å². The van der Waals surface area contributed by atoms with Crippen molar-refractivity contribution in [2.45, 2.75) is 31.7 Å². The summed E-state index contributed by atoms with van der Waals surface area (Å²) in [6, 6.07) is 13.7. The van der Waals surface area contributed by atoms with Crippen molar-refractivity contribution < 1.29 is 9.53 Å². The predicted octanol–water partition coefficient (Wildman–Crippen LogP) is 3.19. The number of hydrogen-bond donors (Lipinski definition) is 2. The molecule has 0 saturated heterocycles. The van der Waals surface area contributed by atoms with E-state index in [4.69, 9.17) is 5.73 Å². The van der Waals surface area contributed by atoms with E-state index in [0.717, 1.165) is 36.3 Å². The van der Waals surface area contributed by atoms with Crippen LogP contribution in [-0.2, 0) is 28.8 Å². The highest BCUT2D eigenvalue weighted by atomic mass is 35.5. The van der Waals surface area contributed by atoms with Gasteiger partial charge >= 0.3 is 5.97 Å². The molecule has 5 nitrogen and oxygen atoms in total. The van der Waals surface area contributed by atoms with Gasteiger partial charge in [-0.05, 0) is 48.9 Å². The third kappa shape index (κ3) is 7.60. The monoisotopic (exact) mass is 399 g/mol. The Morgan fingerprint density at radius 1 is 1.12 bits per heavy atom. The molecule has 1 heterocycles. The summed E-state index contributed by atoms with van der Waals surface area (Å²) in [7, 11) is 3.23. The summed E-state index contributed by atoms with van der Waals surface area (Å²) in [4.78, 5) is 15.9. The molecule has 144 valence electrons. The molecule has 1 aromatic heterocycles. The van der Waals surface area contributed by atoms with Crippen molar-refractivity contribution >= 4 is 36.6 Å². The van der Waals surface area contributed by atoms with E-state index < -0.39 is 6.04 Å². The van der Waals surface area contributed by atoms with Gasteiger partial charge in [-0.25, -0.2) is 4.98 Å². The fourth-order valence-electron chi connectivity index (χ4n) is 2.56. The molecule has 26 heavy (non-hydrogen) atoms. The average molecular weight is 400 g/mol. The minimum atomic E-state index is -0.605. The number of ether oxygens (including phenoxy) is 1. The van der Waals surface area contributed by atoms with Crippen molar-refractivity contribution in [3.8, 4) is 0 Å². The molecule has 0 radical (unpaired) electrons. The highest BCUT2D eigenvalue weighted by molar-refractivity contribution is 5.85. The third-order valence-corrected chi connectivity index (χ3v) is 3.94. The number of rotatable bonds is 8. The number of carbonyl (C=O) groups is 1. The van der Waals surface area contributed by atoms with E-state index in [0.29, 0.717) is 6.42 Å². The Bertz CT molecular complexity index is 666. The first-order valence-corrected chi connectivity index (χ1v) is 8.17. The zero-order valence-electron chi connectivity index (χ0n) is 15.1. The molecule has 0 fully saturated rings. The van der Waals surface area contributed by atoms with Crippen molar-refractivity contribution in [3.63, 3.8) is 0 Å². The van der Waals surface area contributed by atoms with Crippen LogP contribution in [0.2, 0.25) is 0 Å². The molecule has 0 aliphatic rings. The maximum absolute atomic E-state index is 11.3. The average Bonchev–Trinajstić information content (AvgIpc) is 2.62. The van der Waals surface area contributed by atoms with E-state index in [1.54, 1.807) is 0 Å². The number of esters is 1. The number of aryl methyl sites for hydroxylation is 2. The number of nitrogens with one attached hydrogen (secondary N) is 1. The number of halogens is 2. The van der Waals surface area contributed by atoms with Crippen LogP contribution in [0.25, 0.3) is 0 Å². The molecule has 1 aromatic carbocycles. The van der Waals surface area contributed by atoms with Crippen LogP contribution < -0.4 is 11.1 Å². The van der Waals surface area contributed by atoms with Gasteiger partial charge in [0.1, 0.15) is 11.9 Å². The van der Waals surface area contributed by atoms with Gasteiger partial charge in [0.15, 0.2) is 0 Å². The van der Waals surface area contributed by atoms with Gasteiger partial charge in [-0.15, -0.1) is 24.8 Å². The number of benzene rings is 1. The van der Waals surface area contributed by atoms with Gasteiger partial charge in [-0.1, -0.05) is 30.3 Å². The number of nitrogens with two attached hydrogens (primary N) is 1. The molecule has 7 heteroatoms. The first-order chi connectivity index (χ1) is 11.6. The Labute approximate surface area is 167 Å². The Balaban J connectivity index is 0.00000312. The number of anilines is 1. The maximum atomic E-state index is 11.3. The molecule has 3 N–H and O–H groups in total. The molecule has 0 aliphatic carbocycles. The van der Waals surface area contributed by atoms with E-state index in [9.17, 15) is 4.79 Å². The number of methoxy groups -OCH3 is 1. The van der Waals surface area contributed by atoms with E-state index in [1.807, 2.05) is 31.3 Å². The van der Waals surface area contributed by atoms with Crippen molar-refractivity contribution in [2.24, 2.45) is 5.73 Å². The second-order valence-electron chi connectivity index (χ2n) is 5.77. The van der Waals surface area contributed by atoms with Crippen LogP contribution in [0.3, 0.4) is 0 Å². The Hall–Kier alpha value is -1.82. The van der Waals surface area contributed by atoms with Gasteiger partial charge < -0.3 is 15.8 Å². The lowest BCUT2D eigenvalue weighted by atomic mass is 10.0. The summed E-state index contributed by atoms with van der Waals surface area (Å²) in [5.41, 5.74) is 9.19. The second-order valence-corrected chi connectivity index (χ2v) is 5.77. The Kier molecular flexibility index (Phi) is 11.6. The minimum absolute atomic E-state index is 0. The Morgan fingerprint density at radius 3 is 2.38 bits per heavy atom. The van der Waals surface area contributed by atoms with Crippen LogP contribution in [0.4, 0.5) is 5.82 Å². The molecule has 0 unspecified atom stereocenters. The van der Waals surface area contributed by atoms with Crippen molar-refractivity contribution in [1.29, 1.82) is 0 Å². The summed E-state index contributed by atoms with van der Waals surface area (Å²) in [6.07, 6.45) is 3.48. The minimum Gasteiger partial charge on any atom is -0.468 e. The van der Waals surface area contributed by atoms with E-state index >= 15 is 0 Å². The summed E-state index contributed by atoms with van der Waals surface area (Å²) in [5, 5.41) is 3.06. The van der Waals surface area contributed by atoms with Crippen LogP contribution in [0.5, 0.6) is 0 Å². The van der Waals surface area contributed by atoms with Crippen LogP contribution >= 0.6 is 24.8 Å². The van der Waals surface area contributed by atoms with Crippen LogP contribution in [0.1, 0.15) is 23.2 Å². The summed E-state index contributed by atoms with van der Waals surface area (Å²) >= 11 is 0. The smallest absolute Gasteiger partial charge is 0.322 e. The molecular formula is C19H27Cl2N3O2. The first-order valence-electron chi connectivity index (χ1n) is 8.17. The molecule has 0 spiro atoms. The number of aromatic nitrogens is 1. The molecule has 0 bridgehead atoms. The third-order valence-electron chi connectivity index (χ3n) is 3.94. The van der Waals surface area contributed by atoms with Gasteiger partial charge in [-0.2, -0.15) is 0 Å². The number of carbonyl (C=O) groups excluding carboxylic acids is 1. The van der Waals surface area contributed by atoms with Crippen molar-refractivity contribution in [2.75, 3.05) is 19.5 Å². The fourth-order valence-corrected chi connectivity index (χ4v) is 2.56. The lowest BCUT2D eigenvalue weighted by Crippen LogP contribution is -2.33. The number of hydrogen-bond acceptors (Lipinski definition) is 5. The van der Waals surface area contributed by atoms with Crippen LogP contribution in [-0.4, -0.2) is 31.2 Å².